The molecule has 1 atom stereocenters. The average Bonchev–Trinajstić information content (AvgIpc) is 3.44. The van der Waals surface area contributed by atoms with Crippen LogP contribution in [0.3, 0.4) is 0 Å². The highest BCUT2D eigenvalue weighted by Gasteiger charge is 2.23. The second kappa shape index (κ2) is 9.87. The second-order valence-electron chi connectivity index (χ2n) is 8.32. The molecule has 0 fully saturated rings. The van der Waals surface area contributed by atoms with Crippen molar-refractivity contribution < 1.29 is 14.0 Å². The summed E-state index contributed by atoms with van der Waals surface area (Å²) in [5, 5.41) is 10.8. The quantitative estimate of drug-likeness (QED) is 0.312. The maximum atomic E-state index is 13.3. The summed E-state index contributed by atoms with van der Waals surface area (Å²) in [6.07, 6.45) is 3.67. The van der Waals surface area contributed by atoms with Gasteiger partial charge in [-0.05, 0) is 48.0 Å². The number of hydrogen-bond donors (Lipinski definition) is 3. The molecule has 2 amide bonds. The van der Waals surface area contributed by atoms with E-state index in [0.29, 0.717) is 5.65 Å². The highest BCUT2D eigenvalue weighted by molar-refractivity contribution is 5.97. The maximum absolute atomic E-state index is 13.3. The van der Waals surface area contributed by atoms with Crippen LogP contribution in [0.2, 0.25) is 0 Å². The lowest BCUT2D eigenvalue weighted by Gasteiger charge is -2.18. The van der Waals surface area contributed by atoms with Gasteiger partial charge in [-0.1, -0.05) is 24.3 Å². The predicted octanol–water partition coefficient (Wildman–Crippen LogP) is 2.27. The molecule has 10 heteroatoms. The maximum Gasteiger partial charge on any atom is 0.350 e. The highest BCUT2D eigenvalue weighted by atomic mass is 19.1. The van der Waals surface area contributed by atoms with Gasteiger partial charge in [0.05, 0.1) is 6.54 Å². The fourth-order valence-electron chi connectivity index (χ4n) is 4.09. The van der Waals surface area contributed by atoms with Crippen LogP contribution in [0.4, 0.5) is 4.39 Å². The number of hydrogen-bond acceptors (Lipinski definition) is 4. The Balaban J connectivity index is 1.32. The van der Waals surface area contributed by atoms with E-state index < -0.39 is 23.7 Å². The molecule has 0 aliphatic heterocycles. The molecule has 0 spiro atoms. The van der Waals surface area contributed by atoms with Crippen molar-refractivity contribution >= 4 is 28.4 Å². The number of nitrogens with one attached hydrogen (secondary N) is 3. The first-order chi connectivity index (χ1) is 17.5. The zero-order valence-corrected chi connectivity index (χ0v) is 19.1. The number of aromatic nitrogens is 4. The molecule has 3 aromatic heterocycles. The third-order valence-corrected chi connectivity index (χ3v) is 5.94. The summed E-state index contributed by atoms with van der Waals surface area (Å²) in [7, 11) is 0. The minimum atomic E-state index is -0.903. The molecule has 3 N–H and O–H groups in total. The van der Waals surface area contributed by atoms with Crippen molar-refractivity contribution in [2.45, 2.75) is 19.0 Å². The molecule has 0 bridgehead atoms. The number of carbonyl (C=O) groups is 2. The van der Waals surface area contributed by atoms with Crippen molar-refractivity contribution in [3.05, 3.63) is 107 Å². The van der Waals surface area contributed by atoms with E-state index in [0.717, 1.165) is 16.5 Å². The Hall–Kier alpha value is -4.73. The number of benzene rings is 2. The number of para-hydroxylation sites is 1. The van der Waals surface area contributed by atoms with E-state index in [2.05, 4.69) is 20.7 Å². The van der Waals surface area contributed by atoms with Gasteiger partial charge in [0.15, 0.2) is 5.65 Å². The third kappa shape index (κ3) is 4.74. The van der Waals surface area contributed by atoms with Crippen LogP contribution in [0.1, 0.15) is 15.9 Å². The van der Waals surface area contributed by atoms with Gasteiger partial charge in [-0.25, -0.2) is 13.9 Å². The fourth-order valence-corrected chi connectivity index (χ4v) is 4.09. The van der Waals surface area contributed by atoms with Crippen molar-refractivity contribution in [3.63, 3.8) is 0 Å². The highest BCUT2D eigenvalue weighted by Crippen LogP contribution is 2.19. The molecule has 0 saturated carbocycles. The largest absolute Gasteiger partial charge is 0.361 e. The summed E-state index contributed by atoms with van der Waals surface area (Å²) < 4.78 is 16.0. The number of pyridine rings is 1. The van der Waals surface area contributed by atoms with Gasteiger partial charge in [-0.2, -0.15) is 0 Å². The van der Waals surface area contributed by atoms with E-state index in [9.17, 15) is 18.8 Å². The number of carbonyl (C=O) groups excluding carboxylic acids is 2. The van der Waals surface area contributed by atoms with Gasteiger partial charge in [0.2, 0.25) is 5.91 Å². The van der Waals surface area contributed by atoms with Crippen LogP contribution in [0.15, 0.2) is 83.9 Å². The van der Waals surface area contributed by atoms with Gasteiger partial charge in [0, 0.05) is 41.8 Å². The van der Waals surface area contributed by atoms with Crippen LogP contribution >= 0.6 is 0 Å². The topological polar surface area (TPSA) is 113 Å². The first-order valence-corrected chi connectivity index (χ1v) is 11.4. The Labute approximate surface area is 204 Å². The molecule has 1 unspecified atom stereocenters. The van der Waals surface area contributed by atoms with E-state index in [1.807, 2.05) is 30.5 Å². The van der Waals surface area contributed by atoms with Gasteiger partial charge in [0.25, 0.3) is 5.91 Å². The van der Waals surface area contributed by atoms with E-state index in [1.165, 1.54) is 33.3 Å². The zero-order chi connectivity index (χ0) is 25.1. The Bertz CT molecular complexity index is 1600. The number of fused-ring (bicyclic) bond motifs is 2. The minimum Gasteiger partial charge on any atom is -0.361 e. The summed E-state index contributed by atoms with van der Waals surface area (Å²) in [5.74, 6) is -1.36. The lowest BCUT2D eigenvalue weighted by atomic mass is 10.0. The van der Waals surface area contributed by atoms with Crippen molar-refractivity contribution in [2.75, 3.05) is 6.54 Å². The van der Waals surface area contributed by atoms with E-state index >= 15 is 0 Å². The van der Waals surface area contributed by atoms with Crippen molar-refractivity contribution in [2.24, 2.45) is 0 Å². The molecule has 5 aromatic rings. The lowest BCUT2D eigenvalue weighted by molar-refractivity contribution is -0.123. The van der Waals surface area contributed by atoms with Crippen molar-refractivity contribution in [3.8, 4) is 0 Å². The molecule has 36 heavy (non-hydrogen) atoms. The number of rotatable bonds is 8. The summed E-state index contributed by atoms with van der Waals surface area (Å²) in [4.78, 5) is 41.6. The third-order valence-electron chi connectivity index (χ3n) is 5.94. The van der Waals surface area contributed by atoms with Crippen LogP contribution in [-0.4, -0.2) is 43.6 Å². The van der Waals surface area contributed by atoms with E-state index in [-0.39, 0.29) is 30.8 Å². The average molecular weight is 487 g/mol. The molecular formula is C26H23FN6O3. The van der Waals surface area contributed by atoms with Gasteiger partial charge in [-0.3, -0.25) is 14.0 Å². The molecule has 0 radical (unpaired) electrons. The monoisotopic (exact) mass is 486 g/mol. The molecule has 3 heterocycles. The molecule has 0 saturated heterocycles. The number of H-pyrrole nitrogens is 1. The SMILES string of the molecule is O=C(NC(Cc1c[nH]c2ccccc12)C(=O)NCCn1nc2ccccn2c1=O)c1ccc(F)cc1. The predicted molar refractivity (Wildman–Crippen MR) is 132 cm³/mol. The normalized spacial score (nSPS) is 12.0. The Kier molecular flexibility index (Phi) is 6.31. The molecule has 9 nitrogen and oxygen atoms in total. The van der Waals surface area contributed by atoms with E-state index in [4.69, 9.17) is 0 Å². The Morgan fingerprint density at radius 1 is 1.03 bits per heavy atom. The summed E-state index contributed by atoms with van der Waals surface area (Å²) in [6.45, 7) is 0.303. The number of aromatic amines is 1. The van der Waals surface area contributed by atoms with Gasteiger partial charge < -0.3 is 15.6 Å². The van der Waals surface area contributed by atoms with Crippen LogP contribution in [0.25, 0.3) is 16.6 Å². The van der Waals surface area contributed by atoms with Crippen molar-refractivity contribution in [1.82, 2.24) is 29.8 Å². The molecular weight excluding hydrogens is 463 g/mol. The standard InChI is InChI=1S/C26H23FN6O3/c27-19-10-8-17(9-11-19)24(34)30-22(15-18-16-29-21-6-2-1-5-20(18)21)25(35)28-12-14-33-26(36)32-13-4-3-7-23(32)31-33/h1-11,13,16,22,29H,12,14-15H2,(H,28,35)(H,30,34). The number of halogens is 1. The number of amides is 2. The van der Waals surface area contributed by atoms with Crippen LogP contribution < -0.4 is 16.3 Å². The van der Waals surface area contributed by atoms with Crippen molar-refractivity contribution in [1.29, 1.82) is 0 Å². The molecule has 5 rings (SSSR count). The first-order valence-electron chi connectivity index (χ1n) is 11.4. The minimum absolute atomic E-state index is 0.138. The van der Waals surface area contributed by atoms with Gasteiger partial charge >= 0.3 is 5.69 Å². The number of nitrogens with zero attached hydrogens (tertiary/aromatic N) is 3. The molecule has 2 aromatic carbocycles. The lowest BCUT2D eigenvalue weighted by Crippen LogP contribution is -2.48. The molecule has 0 aliphatic carbocycles. The van der Waals surface area contributed by atoms with Gasteiger partial charge in [0.1, 0.15) is 11.9 Å². The smallest absolute Gasteiger partial charge is 0.350 e. The summed E-state index contributed by atoms with van der Waals surface area (Å²) >= 11 is 0. The summed E-state index contributed by atoms with van der Waals surface area (Å²) in [5.41, 5.74) is 2.23. The first kappa shape index (κ1) is 23.0. The molecule has 182 valence electrons. The van der Waals surface area contributed by atoms with Crippen LogP contribution in [0, 0.1) is 5.82 Å². The molecule has 0 aliphatic rings. The van der Waals surface area contributed by atoms with Crippen LogP contribution in [-0.2, 0) is 17.8 Å². The Morgan fingerprint density at radius 2 is 1.81 bits per heavy atom. The zero-order valence-electron chi connectivity index (χ0n) is 19.1. The Morgan fingerprint density at radius 3 is 2.61 bits per heavy atom. The second-order valence-corrected chi connectivity index (χ2v) is 8.32. The summed E-state index contributed by atoms with van der Waals surface area (Å²) in [6, 6.07) is 17.1. The fraction of sp³-hybridized carbons (Fsp3) is 0.154. The van der Waals surface area contributed by atoms with Crippen LogP contribution in [0.5, 0.6) is 0 Å². The van der Waals surface area contributed by atoms with Gasteiger partial charge in [-0.15, -0.1) is 5.10 Å². The van der Waals surface area contributed by atoms with E-state index in [1.54, 1.807) is 24.4 Å².